The van der Waals surface area contributed by atoms with E-state index >= 15 is 0 Å². The molecule has 0 saturated carbocycles. The molecule has 0 spiro atoms. The monoisotopic (exact) mass is 671 g/mol. The van der Waals surface area contributed by atoms with Gasteiger partial charge in [0.05, 0.1) is 0 Å². The summed E-state index contributed by atoms with van der Waals surface area (Å²) in [6, 6.07) is 0. The average Bonchev–Trinajstić information content (AvgIpc) is 3.07. The first-order valence-electron chi connectivity index (χ1n) is 20.6. The summed E-state index contributed by atoms with van der Waals surface area (Å²) in [5.41, 5.74) is 0. The van der Waals surface area contributed by atoms with Gasteiger partial charge in [0.15, 0.2) is 0 Å². The highest BCUT2D eigenvalue weighted by molar-refractivity contribution is 5.69. The van der Waals surface area contributed by atoms with E-state index in [1.807, 2.05) is 0 Å². The van der Waals surface area contributed by atoms with Crippen LogP contribution in [-0.4, -0.2) is 23.1 Å². The van der Waals surface area contributed by atoms with Crippen molar-refractivity contribution in [2.75, 3.05) is 0 Å². The Balaban J connectivity index is 4.09. The zero-order chi connectivity index (χ0) is 35.0. The second-order valence-electron chi connectivity index (χ2n) is 13.8. The minimum absolute atomic E-state index is 0.00733. The number of allylic oxidation sites excluding steroid dienone is 8. The topological polar surface area (TPSA) is 63.6 Å². The molecule has 0 radical (unpaired) electrons. The van der Waals surface area contributed by atoms with E-state index in [-0.39, 0.29) is 18.5 Å². The third-order valence-corrected chi connectivity index (χ3v) is 9.05. The number of carbonyl (C=O) groups excluding carboxylic acids is 1. The van der Waals surface area contributed by atoms with Crippen LogP contribution in [0.15, 0.2) is 48.6 Å². The first kappa shape index (κ1) is 45.9. The van der Waals surface area contributed by atoms with Gasteiger partial charge in [-0.3, -0.25) is 9.59 Å². The van der Waals surface area contributed by atoms with E-state index in [0.717, 1.165) is 89.9 Å². The minimum atomic E-state index is -0.690. The Morgan fingerprint density at radius 2 is 0.812 bits per heavy atom. The number of hydrogen-bond acceptors (Lipinski definition) is 3. The Labute approximate surface area is 298 Å². The molecule has 0 aliphatic rings. The van der Waals surface area contributed by atoms with Gasteiger partial charge in [0.1, 0.15) is 6.10 Å². The summed E-state index contributed by atoms with van der Waals surface area (Å²) in [5, 5.41) is 8.77. The van der Waals surface area contributed by atoms with Gasteiger partial charge in [0.25, 0.3) is 0 Å². The van der Waals surface area contributed by atoms with Crippen molar-refractivity contribution in [2.24, 2.45) is 0 Å². The maximum atomic E-state index is 12.7. The van der Waals surface area contributed by atoms with Crippen LogP contribution in [0.3, 0.4) is 0 Å². The fraction of sp³-hybridized carbons (Fsp3) is 0.773. The van der Waals surface area contributed by atoms with E-state index in [4.69, 9.17) is 9.84 Å². The van der Waals surface area contributed by atoms with Crippen molar-refractivity contribution in [2.45, 2.75) is 219 Å². The molecule has 0 rings (SSSR count). The number of unbranched alkanes of at least 4 members (excludes halogenated alkanes) is 20. The maximum absolute atomic E-state index is 12.7. The number of carboxylic acid groups (broad SMARTS) is 1. The van der Waals surface area contributed by atoms with Gasteiger partial charge in [-0.05, 0) is 83.5 Å². The van der Waals surface area contributed by atoms with Gasteiger partial charge >= 0.3 is 11.9 Å². The minimum Gasteiger partial charge on any atom is -0.481 e. The molecule has 0 heterocycles. The summed E-state index contributed by atoms with van der Waals surface area (Å²) in [5.74, 6) is -0.697. The first-order chi connectivity index (χ1) is 23.6. The zero-order valence-electron chi connectivity index (χ0n) is 31.8. The van der Waals surface area contributed by atoms with Crippen molar-refractivity contribution in [3.8, 4) is 0 Å². The van der Waals surface area contributed by atoms with Crippen LogP contribution in [0.1, 0.15) is 213 Å². The lowest BCUT2D eigenvalue weighted by Gasteiger charge is -2.18. The molecular weight excluding hydrogens is 592 g/mol. The molecule has 0 saturated heterocycles. The highest BCUT2D eigenvalue weighted by atomic mass is 16.5. The van der Waals surface area contributed by atoms with Crippen LogP contribution in [0.5, 0.6) is 0 Å². The van der Waals surface area contributed by atoms with Gasteiger partial charge in [0, 0.05) is 12.8 Å². The molecule has 0 aromatic heterocycles. The fourth-order valence-corrected chi connectivity index (χ4v) is 5.99. The van der Waals surface area contributed by atoms with Crippen LogP contribution >= 0.6 is 0 Å². The molecule has 0 fully saturated rings. The van der Waals surface area contributed by atoms with Crippen molar-refractivity contribution >= 4 is 11.9 Å². The molecular formula is C44H78O4. The number of hydrogen-bond donors (Lipinski definition) is 1. The Morgan fingerprint density at radius 3 is 1.29 bits per heavy atom. The Kier molecular flexibility index (Phi) is 37.6. The van der Waals surface area contributed by atoms with Crippen LogP contribution in [0.4, 0.5) is 0 Å². The van der Waals surface area contributed by atoms with E-state index in [2.05, 4.69) is 62.5 Å². The van der Waals surface area contributed by atoms with Crippen molar-refractivity contribution in [1.82, 2.24) is 0 Å². The zero-order valence-corrected chi connectivity index (χ0v) is 31.8. The molecule has 4 heteroatoms. The molecule has 48 heavy (non-hydrogen) atoms. The normalized spacial score (nSPS) is 12.7. The Hall–Kier alpha value is -2.10. The van der Waals surface area contributed by atoms with E-state index in [1.165, 1.54) is 96.3 Å². The van der Waals surface area contributed by atoms with Gasteiger partial charge < -0.3 is 9.84 Å². The average molecular weight is 671 g/mol. The Bertz CT molecular complexity index is 809. The molecule has 0 aliphatic carbocycles. The number of rotatable bonds is 37. The first-order valence-corrected chi connectivity index (χ1v) is 20.6. The fourth-order valence-electron chi connectivity index (χ4n) is 5.99. The van der Waals surface area contributed by atoms with E-state index < -0.39 is 5.97 Å². The third kappa shape index (κ3) is 38.3. The number of esters is 1. The van der Waals surface area contributed by atoms with Gasteiger partial charge in [-0.25, -0.2) is 0 Å². The smallest absolute Gasteiger partial charge is 0.306 e. The lowest BCUT2D eigenvalue weighted by molar-refractivity contribution is -0.150. The molecule has 278 valence electrons. The largest absolute Gasteiger partial charge is 0.481 e. The van der Waals surface area contributed by atoms with Gasteiger partial charge in [-0.1, -0.05) is 165 Å². The standard InChI is InChI=1S/C44H78O4/c1-3-5-7-9-11-13-14-15-16-17-18-19-20-21-22-24-29-33-37-41-44(47)48-42(38-34-30-26-23-12-10-8-6-4-2)39-35-31-27-25-28-32-36-40-43(45)46/h11,13,15-16,18-19,21-22,42H,3-10,12,14,17,20,23-41H2,1-2H3,(H,45,46)/b13-11-,16-15-,19-18-,22-21-. The molecule has 1 unspecified atom stereocenters. The number of aliphatic carboxylic acids is 1. The summed E-state index contributed by atoms with van der Waals surface area (Å²) in [6.07, 6.45) is 52.7. The van der Waals surface area contributed by atoms with Crippen molar-refractivity contribution in [3.63, 3.8) is 0 Å². The van der Waals surface area contributed by atoms with Crippen LogP contribution in [0.2, 0.25) is 0 Å². The predicted molar refractivity (Wildman–Crippen MR) is 209 cm³/mol. The highest BCUT2D eigenvalue weighted by Crippen LogP contribution is 2.19. The molecule has 0 aromatic carbocycles. The molecule has 1 N–H and O–H groups in total. The summed E-state index contributed by atoms with van der Waals surface area (Å²) < 4.78 is 6.02. The summed E-state index contributed by atoms with van der Waals surface area (Å²) in [4.78, 5) is 23.3. The SMILES string of the molecule is CCCCC/C=C\C/C=C\C/C=C\C/C=C\CCCCCC(=O)OC(CCCCCCCCCCC)CCCCCCCCCC(=O)O. The number of carbonyl (C=O) groups is 2. The summed E-state index contributed by atoms with van der Waals surface area (Å²) >= 11 is 0. The van der Waals surface area contributed by atoms with Crippen molar-refractivity contribution in [3.05, 3.63) is 48.6 Å². The van der Waals surface area contributed by atoms with Crippen LogP contribution in [-0.2, 0) is 14.3 Å². The third-order valence-electron chi connectivity index (χ3n) is 9.05. The quantitative estimate of drug-likeness (QED) is 0.0406. The van der Waals surface area contributed by atoms with Crippen molar-refractivity contribution in [1.29, 1.82) is 0 Å². The summed E-state index contributed by atoms with van der Waals surface area (Å²) in [6.45, 7) is 4.52. The number of ether oxygens (including phenoxy) is 1. The molecule has 0 bridgehead atoms. The second kappa shape index (κ2) is 39.3. The van der Waals surface area contributed by atoms with Gasteiger partial charge in [-0.2, -0.15) is 0 Å². The molecule has 0 aliphatic heterocycles. The predicted octanol–water partition coefficient (Wildman–Crippen LogP) is 14.3. The molecule has 4 nitrogen and oxygen atoms in total. The molecule has 0 aromatic rings. The van der Waals surface area contributed by atoms with Gasteiger partial charge in [0.2, 0.25) is 0 Å². The van der Waals surface area contributed by atoms with Crippen LogP contribution in [0, 0.1) is 0 Å². The molecule has 1 atom stereocenters. The van der Waals surface area contributed by atoms with Crippen LogP contribution in [0.25, 0.3) is 0 Å². The maximum Gasteiger partial charge on any atom is 0.306 e. The number of carboxylic acids is 1. The van der Waals surface area contributed by atoms with E-state index in [9.17, 15) is 9.59 Å². The van der Waals surface area contributed by atoms with E-state index in [1.54, 1.807) is 0 Å². The lowest BCUT2D eigenvalue weighted by atomic mass is 10.0. The highest BCUT2D eigenvalue weighted by Gasteiger charge is 2.14. The van der Waals surface area contributed by atoms with E-state index in [0.29, 0.717) is 6.42 Å². The lowest BCUT2D eigenvalue weighted by Crippen LogP contribution is -2.18. The van der Waals surface area contributed by atoms with Crippen molar-refractivity contribution < 1.29 is 19.4 Å². The summed E-state index contributed by atoms with van der Waals surface area (Å²) in [7, 11) is 0. The van der Waals surface area contributed by atoms with Gasteiger partial charge in [-0.15, -0.1) is 0 Å². The second-order valence-corrected chi connectivity index (χ2v) is 13.8. The Morgan fingerprint density at radius 1 is 0.458 bits per heavy atom. The molecule has 0 amide bonds. The van der Waals surface area contributed by atoms with Crippen LogP contribution < -0.4 is 0 Å².